The molecule has 35 heavy (non-hydrogen) atoms. The molecule has 1 aromatic carbocycles. The van der Waals surface area contributed by atoms with Gasteiger partial charge in [0.25, 0.3) is 0 Å². The maximum Gasteiger partial charge on any atom is 0.146 e. The molecule has 4 aliphatic rings. The second-order valence-corrected chi connectivity index (χ2v) is 15.3. The Labute approximate surface area is 220 Å². The summed E-state index contributed by atoms with van der Waals surface area (Å²) in [4.78, 5) is 14.5. The van der Waals surface area contributed by atoms with Crippen LogP contribution in [0.5, 0.6) is 0 Å². The molecule has 0 spiro atoms. The molecule has 4 saturated carbocycles. The van der Waals surface area contributed by atoms with E-state index >= 15 is 0 Å². The van der Waals surface area contributed by atoms with Crippen LogP contribution in [0.25, 0.3) is 0 Å². The first kappa shape index (κ1) is 25.9. The molecule has 9 unspecified atom stereocenters. The smallest absolute Gasteiger partial charge is 0.146 e. The highest BCUT2D eigenvalue weighted by Crippen LogP contribution is 2.68. The van der Waals surface area contributed by atoms with E-state index in [0.717, 1.165) is 48.3 Å². The molecule has 0 radical (unpaired) electrons. The normalized spacial score (nSPS) is 41.8. The highest BCUT2D eigenvalue weighted by Gasteiger charge is 2.61. The first-order valence-electron chi connectivity index (χ1n) is 15.0. The van der Waals surface area contributed by atoms with Gasteiger partial charge in [0, 0.05) is 11.3 Å². The fourth-order valence-corrected chi connectivity index (χ4v) is 11.2. The van der Waals surface area contributed by atoms with Crippen molar-refractivity contribution < 1.29 is 4.79 Å². The minimum Gasteiger partial charge on any atom is -0.298 e. The number of rotatable bonds is 7. The number of thioether (sulfide) groups is 1. The topological polar surface area (TPSA) is 17.1 Å². The first-order chi connectivity index (χ1) is 16.7. The van der Waals surface area contributed by atoms with Crippen molar-refractivity contribution in [3.63, 3.8) is 0 Å². The Balaban J connectivity index is 1.30. The minimum absolute atomic E-state index is 0.156. The van der Waals surface area contributed by atoms with E-state index in [9.17, 15) is 4.79 Å². The van der Waals surface area contributed by atoms with Gasteiger partial charge in [-0.15, -0.1) is 11.8 Å². The number of fused-ring (bicyclic) bond motifs is 5. The van der Waals surface area contributed by atoms with Gasteiger partial charge in [-0.1, -0.05) is 72.1 Å². The number of carbonyl (C=O) groups excluding carboxylic acids is 1. The van der Waals surface area contributed by atoms with Gasteiger partial charge in [-0.25, -0.2) is 0 Å². The molecule has 0 amide bonds. The molecule has 5 rings (SSSR count). The predicted octanol–water partition coefficient (Wildman–Crippen LogP) is 9.45. The van der Waals surface area contributed by atoms with Crippen LogP contribution in [0.3, 0.4) is 0 Å². The number of ketones is 1. The average Bonchev–Trinajstić information content (AvgIpc) is 3.18. The van der Waals surface area contributed by atoms with Crippen molar-refractivity contribution in [2.45, 2.75) is 115 Å². The standard InChI is InChI=1S/C33H50OS/c1-22(2)10-9-11-23(3)27-16-17-28-26-15-14-24-20-30(34)31(35-25-12-7-6-8-13-25)21-33(24,5)29(26)18-19-32(27,28)4/h6-8,12-13,22-24,26-29,31H,9-11,14-21H2,1-5H3. The third-order valence-electron chi connectivity index (χ3n) is 11.7. The van der Waals surface area contributed by atoms with Gasteiger partial charge in [0.2, 0.25) is 0 Å². The van der Waals surface area contributed by atoms with Gasteiger partial charge in [-0.3, -0.25) is 4.79 Å². The zero-order valence-corrected chi connectivity index (χ0v) is 23.9. The Kier molecular flexibility index (Phi) is 7.53. The number of benzene rings is 1. The van der Waals surface area contributed by atoms with Crippen molar-refractivity contribution in [2.24, 2.45) is 52.3 Å². The molecule has 0 saturated heterocycles. The highest BCUT2D eigenvalue weighted by molar-refractivity contribution is 8.00. The third kappa shape index (κ3) is 4.80. The second-order valence-electron chi connectivity index (χ2n) is 14.0. The van der Waals surface area contributed by atoms with Gasteiger partial charge >= 0.3 is 0 Å². The average molecular weight is 495 g/mol. The van der Waals surface area contributed by atoms with Crippen molar-refractivity contribution >= 4 is 17.5 Å². The lowest BCUT2D eigenvalue weighted by Crippen LogP contribution is -2.55. The van der Waals surface area contributed by atoms with E-state index in [1.807, 2.05) is 11.8 Å². The lowest BCUT2D eigenvalue weighted by atomic mass is 9.44. The van der Waals surface area contributed by atoms with Crippen LogP contribution in [-0.2, 0) is 4.79 Å². The summed E-state index contributed by atoms with van der Waals surface area (Å²) in [6, 6.07) is 10.7. The second kappa shape index (κ2) is 10.2. The minimum atomic E-state index is 0.156. The molecule has 4 aliphatic carbocycles. The molecule has 0 N–H and O–H groups in total. The van der Waals surface area contributed by atoms with E-state index in [2.05, 4.69) is 65.0 Å². The van der Waals surface area contributed by atoms with Crippen molar-refractivity contribution in [3.8, 4) is 0 Å². The largest absolute Gasteiger partial charge is 0.298 e. The molecular weight excluding hydrogens is 444 g/mol. The van der Waals surface area contributed by atoms with Crippen LogP contribution in [0, 0.1) is 52.3 Å². The molecule has 4 fully saturated rings. The van der Waals surface area contributed by atoms with Crippen LogP contribution in [0.2, 0.25) is 0 Å². The number of hydrogen-bond donors (Lipinski definition) is 0. The fourth-order valence-electron chi connectivity index (χ4n) is 9.87. The summed E-state index contributed by atoms with van der Waals surface area (Å²) >= 11 is 1.85. The van der Waals surface area contributed by atoms with Crippen LogP contribution < -0.4 is 0 Å². The molecule has 0 bridgehead atoms. The van der Waals surface area contributed by atoms with Gasteiger partial charge in [0.05, 0.1) is 5.25 Å². The maximum atomic E-state index is 13.2. The molecule has 194 valence electrons. The van der Waals surface area contributed by atoms with Gasteiger partial charge in [0.15, 0.2) is 0 Å². The SMILES string of the molecule is CC(C)CCCC(C)C1CCC2C3CCC4CC(=O)C(Sc5ccccc5)CC4(C)C3CCC12C. The maximum absolute atomic E-state index is 13.2. The van der Waals surface area contributed by atoms with Crippen molar-refractivity contribution in [1.29, 1.82) is 0 Å². The molecule has 2 heteroatoms. The highest BCUT2D eigenvalue weighted by atomic mass is 32.2. The van der Waals surface area contributed by atoms with Crippen LogP contribution in [0.4, 0.5) is 0 Å². The molecule has 0 aliphatic heterocycles. The van der Waals surface area contributed by atoms with Gasteiger partial charge < -0.3 is 0 Å². The van der Waals surface area contributed by atoms with Crippen LogP contribution >= 0.6 is 11.8 Å². The monoisotopic (exact) mass is 494 g/mol. The van der Waals surface area contributed by atoms with Crippen LogP contribution in [-0.4, -0.2) is 11.0 Å². The van der Waals surface area contributed by atoms with Crippen molar-refractivity contribution in [3.05, 3.63) is 30.3 Å². The van der Waals surface area contributed by atoms with Crippen molar-refractivity contribution in [2.75, 3.05) is 0 Å². The Hall–Kier alpha value is -0.760. The van der Waals surface area contributed by atoms with Crippen LogP contribution in [0.15, 0.2) is 35.2 Å². The molecular formula is C33H50OS. The van der Waals surface area contributed by atoms with E-state index in [0.29, 0.717) is 22.5 Å². The van der Waals surface area contributed by atoms with Crippen LogP contribution in [0.1, 0.15) is 105 Å². The summed E-state index contributed by atoms with van der Waals surface area (Å²) in [6.45, 7) is 12.6. The molecule has 1 nitrogen and oxygen atoms in total. The number of Topliss-reactive ketones (excluding diaryl/α,β-unsaturated/α-hetero) is 1. The first-order valence-corrected chi connectivity index (χ1v) is 15.8. The van der Waals surface area contributed by atoms with E-state index < -0.39 is 0 Å². The third-order valence-corrected chi connectivity index (χ3v) is 13.0. The van der Waals surface area contributed by atoms with E-state index in [1.54, 1.807) is 0 Å². The Morgan fingerprint density at radius 2 is 1.66 bits per heavy atom. The summed E-state index contributed by atoms with van der Waals surface area (Å²) in [5, 5.41) is 0.156. The lowest BCUT2D eigenvalue weighted by molar-refractivity contribution is -0.139. The molecule has 0 heterocycles. The van der Waals surface area contributed by atoms with Gasteiger partial charge in [-0.05, 0) is 109 Å². The Bertz CT molecular complexity index is 878. The zero-order chi connectivity index (χ0) is 24.8. The zero-order valence-electron chi connectivity index (χ0n) is 23.1. The molecule has 9 atom stereocenters. The number of carbonyl (C=O) groups is 1. The predicted molar refractivity (Wildman–Crippen MR) is 150 cm³/mol. The molecule has 1 aromatic rings. The Morgan fingerprint density at radius 1 is 0.914 bits per heavy atom. The lowest BCUT2D eigenvalue weighted by Gasteiger charge is -2.61. The Morgan fingerprint density at radius 3 is 2.40 bits per heavy atom. The summed E-state index contributed by atoms with van der Waals surface area (Å²) in [5.74, 6) is 6.46. The summed E-state index contributed by atoms with van der Waals surface area (Å²) < 4.78 is 0. The van der Waals surface area contributed by atoms with E-state index in [1.165, 1.54) is 62.7 Å². The van der Waals surface area contributed by atoms with Crippen molar-refractivity contribution in [1.82, 2.24) is 0 Å². The van der Waals surface area contributed by atoms with Gasteiger partial charge in [0.1, 0.15) is 5.78 Å². The summed E-state index contributed by atoms with van der Waals surface area (Å²) in [6.07, 6.45) is 14.7. The van der Waals surface area contributed by atoms with Gasteiger partial charge in [-0.2, -0.15) is 0 Å². The van der Waals surface area contributed by atoms with E-state index in [4.69, 9.17) is 0 Å². The fraction of sp³-hybridized carbons (Fsp3) is 0.788. The quantitative estimate of drug-likeness (QED) is 0.375. The summed E-state index contributed by atoms with van der Waals surface area (Å²) in [5.41, 5.74) is 0.913. The molecule has 0 aromatic heterocycles. The van der Waals surface area contributed by atoms with E-state index in [-0.39, 0.29) is 5.25 Å². The summed E-state index contributed by atoms with van der Waals surface area (Å²) in [7, 11) is 0. The number of hydrogen-bond acceptors (Lipinski definition) is 2.